The van der Waals surface area contributed by atoms with Gasteiger partial charge in [0.05, 0.1) is 17.5 Å². The minimum atomic E-state index is -1.12. The largest absolute Gasteiger partial charge is 0.444 e. The molecule has 35 heavy (non-hydrogen) atoms. The van der Waals surface area contributed by atoms with Gasteiger partial charge in [0, 0.05) is 18.8 Å². The van der Waals surface area contributed by atoms with Crippen molar-refractivity contribution >= 4 is 28.7 Å². The van der Waals surface area contributed by atoms with Gasteiger partial charge in [-0.3, -0.25) is 13.9 Å². The fourth-order valence-corrected chi connectivity index (χ4v) is 4.97. The lowest BCUT2D eigenvalue weighted by atomic mass is 9.91. The molecule has 3 aromatic rings. The highest BCUT2D eigenvalue weighted by molar-refractivity contribution is 6.31. The zero-order valence-electron chi connectivity index (χ0n) is 20.3. The number of halogens is 1. The SMILES string of the molecule is CC(C)(C)OC(=O)N1CCC(O)(Cn2cnc3c(cc(Cl)n3-c3cccc(C4CC4)c3)c2=O)CC1. The van der Waals surface area contributed by atoms with Crippen LogP contribution in [0, 0.1) is 0 Å². The maximum absolute atomic E-state index is 13.3. The molecule has 1 N–H and O–H groups in total. The van der Waals surface area contributed by atoms with Gasteiger partial charge in [0.25, 0.3) is 5.56 Å². The Hall–Kier alpha value is -2.84. The summed E-state index contributed by atoms with van der Waals surface area (Å²) in [7, 11) is 0. The first-order valence-electron chi connectivity index (χ1n) is 12.1. The number of hydrogen-bond donors (Lipinski definition) is 1. The molecule has 2 aliphatic rings. The summed E-state index contributed by atoms with van der Waals surface area (Å²) >= 11 is 6.56. The van der Waals surface area contributed by atoms with Gasteiger partial charge in [0.15, 0.2) is 5.65 Å². The van der Waals surface area contributed by atoms with Gasteiger partial charge >= 0.3 is 6.09 Å². The van der Waals surface area contributed by atoms with Crippen LogP contribution in [0.3, 0.4) is 0 Å². The molecule has 0 spiro atoms. The van der Waals surface area contributed by atoms with E-state index in [1.54, 1.807) is 15.5 Å². The van der Waals surface area contributed by atoms with Crippen molar-refractivity contribution in [1.82, 2.24) is 19.0 Å². The van der Waals surface area contributed by atoms with Crippen LogP contribution >= 0.6 is 11.6 Å². The van der Waals surface area contributed by atoms with E-state index in [2.05, 4.69) is 17.1 Å². The summed E-state index contributed by atoms with van der Waals surface area (Å²) in [4.78, 5) is 31.8. The van der Waals surface area contributed by atoms with Crippen molar-refractivity contribution in [3.63, 3.8) is 0 Å². The molecule has 0 unspecified atom stereocenters. The van der Waals surface area contributed by atoms with Crippen molar-refractivity contribution in [2.75, 3.05) is 13.1 Å². The molecule has 0 radical (unpaired) electrons. The van der Waals surface area contributed by atoms with Crippen LogP contribution in [0.4, 0.5) is 4.79 Å². The van der Waals surface area contributed by atoms with Gasteiger partial charge in [-0.05, 0) is 76.1 Å². The predicted octanol–water partition coefficient (Wildman–Crippen LogP) is 4.48. The number of carbonyl (C=O) groups excluding carboxylic acids is 1. The minimum Gasteiger partial charge on any atom is -0.444 e. The van der Waals surface area contributed by atoms with Crippen molar-refractivity contribution in [2.45, 2.75) is 70.1 Å². The standard InChI is InChI=1S/C26H31ClN4O4/c1-25(2,3)35-24(33)29-11-9-26(34,10-12-29)15-30-16-28-22-20(23(30)32)14-21(27)31(22)19-6-4-5-18(13-19)17-7-8-17/h4-6,13-14,16-17,34H,7-12,15H2,1-3H3. The van der Waals surface area contributed by atoms with E-state index in [1.807, 2.05) is 32.9 Å². The number of amides is 1. The Morgan fingerprint density at radius 1 is 1.23 bits per heavy atom. The maximum atomic E-state index is 13.3. The third-order valence-electron chi connectivity index (χ3n) is 6.73. The predicted molar refractivity (Wildman–Crippen MR) is 134 cm³/mol. The van der Waals surface area contributed by atoms with Crippen molar-refractivity contribution < 1.29 is 14.6 Å². The zero-order chi connectivity index (χ0) is 25.0. The number of benzene rings is 1. The smallest absolute Gasteiger partial charge is 0.410 e. The van der Waals surface area contributed by atoms with E-state index < -0.39 is 11.2 Å². The molecule has 1 amide bonds. The summed E-state index contributed by atoms with van der Waals surface area (Å²) in [6, 6.07) is 9.84. The molecule has 1 saturated carbocycles. The molecule has 9 heteroatoms. The molecule has 0 bridgehead atoms. The second-order valence-electron chi connectivity index (χ2n) is 10.8. The van der Waals surface area contributed by atoms with E-state index in [-0.39, 0.29) is 18.2 Å². The van der Waals surface area contributed by atoms with Gasteiger partial charge in [-0.2, -0.15) is 0 Å². The maximum Gasteiger partial charge on any atom is 0.410 e. The molecule has 1 aromatic carbocycles. The first-order chi connectivity index (χ1) is 16.5. The summed E-state index contributed by atoms with van der Waals surface area (Å²) < 4.78 is 8.66. The van der Waals surface area contributed by atoms with Gasteiger partial charge in [0.2, 0.25) is 0 Å². The molecule has 1 aliphatic carbocycles. The van der Waals surface area contributed by atoms with Gasteiger partial charge < -0.3 is 14.7 Å². The lowest BCUT2D eigenvalue weighted by Gasteiger charge is -2.38. The van der Waals surface area contributed by atoms with Crippen LogP contribution in [0.5, 0.6) is 0 Å². The van der Waals surface area contributed by atoms with Crippen LogP contribution < -0.4 is 5.56 Å². The first-order valence-corrected chi connectivity index (χ1v) is 12.5. The fraction of sp³-hybridized carbons (Fsp3) is 0.500. The van der Waals surface area contributed by atoms with Crippen molar-refractivity contribution in [2.24, 2.45) is 0 Å². The average Bonchev–Trinajstić information content (AvgIpc) is 3.58. The quantitative estimate of drug-likeness (QED) is 0.572. The van der Waals surface area contributed by atoms with Crippen LogP contribution in [0.1, 0.15) is 57.9 Å². The highest BCUT2D eigenvalue weighted by atomic mass is 35.5. The Balaban J connectivity index is 1.36. The lowest BCUT2D eigenvalue weighted by Crippen LogP contribution is -2.50. The molecule has 1 saturated heterocycles. The number of nitrogens with zero attached hydrogens (tertiary/aromatic N) is 4. The zero-order valence-corrected chi connectivity index (χ0v) is 21.1. The molecule has 186 valence electrons. The molecule has 3 heterocycles. The van der Waals surface area contributed by atoms with Crippen LogP contribution in [0.2, 0.25) is 5.15 Å². The molecular formula is C26H31ClN4O4. The third kappa shape index (κ3) is 4.95. The minimum absolute atomic E-state index is 0.0941. The molecule has 0 atom stereocenters. The number of aromatic nitrogens is 3. The molecular weight excluding hydrogens is 468 g/mol. The summed E-state index contributed by atoms with van der Waals surface area (Å²) in [6.45, 7) is 6.28. The highest BCUT2D eigenvalue weighted by Crippen LogP contribution is 2.41. The number of hydrogen-bond acceptors (Lipinski definition) is 5. The summed E-state index contributed by atoms with van der Waals surface area (Å²) in [5.74, 6) is 0.600. The van der Waals surface area contributed by atoms with Crippen LogP contribution in [0.25, 0.3) is 16.7 Å². The Morgan fingerprint density at radius 3 is 2.60 bits per heavy atom. The van der Waals surface area contributed by atoms with Gasteiger partial charge in [-0.25, -0.2) is 9.78 Å². The summed E-state index contributed by atoms with van der Waals surface area (Å²) in [6.07, 6.45) is 4.16. The van der Waals surface area contributed by atoms with Gasteiger partial charge in [-0.1, -0.05) is 23.7 Å². The van der Waals surface area contributed by atoms with E-state index in [1.165, 1.54) is 29.3 Å². The molecule has 2 aromatic heterocycles. The number of likely N-dealkylation sites (tertiary alicyclic amines) is 1. The van der Waals surface area contributed by atoms with E-state index in [9.17, 15) is 14.7 Å². The van der Waals surface area contributed by atoms with Crippen LogP contribution in [0.15, 0.2) is 41.5 Å². The van der Waals surface area contributed by atoms with Gasteiger partial charge in [0.1, 0.15) is 17.1 Å². The molecule has 1 aliphatic heterocycles. The summed E-state index contributed by atoms with van der Waals surface area (Å²) in [5.41, 5.74) is 0.701. The Labute approximate surface area is 209 Å². The number of fused-ring (bicyclic) bond motifs is 1. The fourth-order valence-electron chi connectivity index (χ4n) is 4.69. The lowest BCUT2D eigenvalue weighted by molar-refractivity contribution is -0.0419. The number of carbonyl (C=O) groups is 1. The van der Waals surface area contributed by atoms with E-state index in [0.717, 1.165) is 5.69 Å². The summed E-state index contributed by atoms with van der Waals surface area (Å²) in [5, 5.41) is 12.0. The normalized spacial score (nSPS) is 18.1. The highest BCUT2D eigenvalue weighted by Gasteiger charge is 2.36. The Kier molecular flexibility index (Phi) is 5.92. The number of aliphatic hydroxyl groups is 1. The van der Waals surface area contributed by atoms with E-state index in [0.29, 0.717) is 48.0 Å². The van der Waals surface area contributed by atoms with Crippen LogP contribution in [-0.4, -0.2) is 54.5 Å². The number of piperidine rings is 1. The van der Waals surface area contributed by atoms with Gasteiger partial charge in [-0.15, -0.1) is 0 Å². The number of rotatable bonds is 4. The topological polar surface area (TPSA) is 89.6 Å². The van der Waals surface area contributed by atoms with E-state index >= 15 is 0 Å². The Morgan fingerprint density at radius 2 is 1.94 bits per heavy atom. The Bertz CT molecular complexity index is 1330. The average molecular weight is 499 g/mol. The molecule has 5 rings (SSSR count). The monoisotopic (exact) mass is 498 g/mol. The molecule has 8 nitrogen and oxygen atoms in total. The number of ether oxygens (including phenoxy) is 1. The van der Waals surface area contributed by atoms with Crippen molar-refractivity contribution in [3.8, 4) is 5.69 Å². The van der Waals surface area contributed by atoms with E-state index in [4.69, 9.17) is 16.3 Å². The third-order valence-corrected chi connectivity index (χ3v) is 7.01. The van der Waals surface area contributed by atoms with Crippen LogP contribution in [-0.2, 0) is 11.3 Å². The second kappa shape index (κ2) is 8.68. The second-order valence-corrected chi connectivity index (χ2v) is 11.2. The molecule has 2 fully saturated rings. The van der Waals surface area contributed by atoms with Crippen molar-refractivity contribution in [3.05, 3.63) is 57.7 Å². The first kappa shape index (κ1) is 23.9. The van der Waals surface area contributed by atoms with Crippen molar-refractivity contribution in [1.29, 1.82) is 0 Å².